The Hall–Kier alpha value is -0.550. The number of guanidine groups is 1. The Balaban J connectivity index is 0.00000392. The van der Waals surface area contributed by atoms with Crippen LogP contribution in [0.3, 0.4) is 0 Å². The molecule has 2 aromatic rings. The summed E-state index contributed by atoms with van der Waals surface area (Å²) in [7, 11) is 3.74. The van der Waals surface area contributed by atoms with Crippen molar-refractivity contribution in [2.24, 2.45) is 4.99 Å². The molecule has 5 nitrogen and oxygen atoms in total. The van der Waals surface area contributed by atoms with Crippen molar-refractivity contribution in [1.29, 1.82) is 0 Å². The quantitative estimate of drug-likeness (QED) is 0.150. The van der Waals surface area contributed by atoms with E-state index in [-0.39, 0.29) is 30.1 Å². The fourth-order valence-electron chi connectivity index (χ4n) is 2.32. The van der Waals surface area contributed by atoms with Gasteiger partial charge in [-0.1, -0.05) is 11.6 Å². The second-order valence-corrected chi connectivity index (χ2v) is 8.44. The number of hydrogen-bond donors (Lipinski definition) is 1. The van der Waals surface area contributed by atoms with Crippen LogP contribution in [0.15, 0.2) is 39.5 Å². The molecule has 0 radical (unpaired) electrons. The van der Waals surface area contributed by atoms with Crippen LogP contribution in [-0.4, -0.2) is 48.8 Å². The number of methoxy groups -OCH3 is 1. The van der Waals surface area contributed by atoms with Crippen LogP contribution in [0.25, 0.3) is 0 Å². The first-order valence-electron chi connectivity index (χ1n) is 8.88. The van der Waals surface area contributed by atoms with Crippen LogP contribution in [0.4, 0.5) is 0 Å². The Morgan fingerprint density at radius 1 is 1.39 bits per heavy atom. The highest BCUT2D eigenvalue weighted by atomic mass is 127. The van der Waals surface area contributed by atoms with Crippen molar-refractivity contribution in [3.8, 4) is 0 Å². The smallest absolute Gasteiger partial charge is 0.194 e. The van der Waals surface area contributed by atoms with E-state index >= 15 is 0 Å². The van der Waals surface area contributed by atoms with Crippen molar-refractivity contribution in [3.05, 3.63) is 45.4 Å². The molecule has 1 aromatic heterocycles. The summed E-state index contributed by atoms with van der Waals surface area (Å²) < 4.78 is 5.34. The lowest BCUT2D eigenvalue weighted by Crippen LogP contribution is -2.38. The summed E-state index contributed by atoms with van der Waals surface area (Å²) in [5.41, 5.74) is 1.03. The van der Waals surface area contributed by atoms with Crippen LogP contribution < -0.4 is 5.32 Å². The molecule has 0 saturated carbocycles. The molecule has 0 fully saturated rings. The first-order valence-corrected chi connectivity index (χ1v) is 11.1. The maximum absolute atomic E-state index is 5.92. The molecule has 0 bridgehead atoms. The summed E-state index contributed by atoms with van der Waals surface area (Å²) in [6.45, 7) is 6.37. The molecule has 28 heavy (non-hydrogen) atoms. The van der Waals surface area contributed by atoms with Crippen LogP contribution in [0.1, 0.15) is 30.7 Å². The third-order valence-corrected chi connectivity index (χ3v) is 6.10. The maximum Gasteiger partial charge on any atom is 0.194 e. The SMILES string of the molecule is CCNC(=NCCSc1ccc(Cl)cc1)N(C)Cc1csc(C(C)OC)n1.I. The van der Waals surface area contributed by atoms with E-state index < -0.39 is 0 Å². The lowest BCUT2D eigenvalue weighted by Gasteiger charge is -2.21. The first kappa shape index (κ1) is 25.5. The van der Waals surface area contributed by atoms with E-state index in [1.54, 1.807) is 30.2 Å². The van der Waals surface area contributed by atoms with Crippen LogP contribution >= 0.6 is 58.7 Å². The number of nitrogens with zero attached hydrogens (tertiary/aromatic N) is 3. The zero-order chi connectivity index (χ0) is 19.6. The zero-order valence-corrected chi connectivity index (χ0v) is 21.4. The fourth-order valence-corrected chi connectivity index (χ4v) is 4.03. The predicted molar refractivity (Wildman–Crippen MR) is 133 cm³/mol. The highest BCUT2D eigenvalue weighted by Crippen LogP contribution is 2.21. The van der Waals surface area contributed by atoms with Gasteiger partial charge in [-0.25, -0.2) is 4.98 Å². The molecule has 0 aliphatic heterocycles. The van der Waals surface area contributed by atoms with Crippen molar-refractivity contribution in [2.75, 3.05) is 33.0 Å². The minimum absolute atomic E-state index is 0. The van der Waals surface area contributed by atoms with Gasteiger partial charge in [0.25, 0.3) is 0 Å². The molecular weight excluding hydrogens is 527 g/mol. The van der Waals surface area contributed by atoms with Gasteiger partial charge < -0.3 is 15.0 Å². The summed E-state index contributed by atoms with van der Waals surface area (Å²) in [5, 5.41) is 7.20. The van der Waals surface area contributed by atoms with Crippen molar-refractivity contribution in [2.45, 2.75) is 31.4 Å². The van der Waals surface area contributed by atoms with Crippen molar-refractivity contribution < 1.29 is 4.74 Å². The lowest BCUT2D eigenvalue weighted by molar-refractivity contribution is 0.119. The number of hydrogen-bond acceptors (Lipinski definition) is 5. The Bertz CT molecular complexity index is 727. The molecule has 0 aliphatic carbocycles. The molecule has 0 amide bonds. The molecule has 1 aromatic carbocycles. The standard InChI is InChI=1S/C19H27ClN4OS2.HI/c1-5-21-19(22-10-11-26-17-8-6-15(20)7-9-17)24(3)12-16-13-27-18(23-16)14(2)25-4;/h6-9,13-14H,5,10-12H2,1-4H3,(H,21,22);1H. The van der Waals surface area contributed by atoms with E-state index in [1.165, 1.54) is 4.90 Å². The van der Waals surface area contributed by atoms with Gasteiger partial charge in [-0.05, 0) is 38.1 Å². The third-order valence-electron chi connectivity index (χ3n) is 3.80. The molecule has 156 valence electrons. The van der Waals surface area contributed by atoms with Gasteiger partial charge in [0.05, 0.1) is 18.8 Å². The Labute approximate surface area is 198 Å². The molecule has 0 saturated heterocycles. The van der Waals surface area contributed by atoms with E-state index in [2.05, 4.69) is 27.5 Å². The summed E-state index contributed by atoms with van der Waals surface area (Å²) in [4.78, 5) is 12.7. The summed E-state index contributed by atoms with van der Waals surface area (Å²) in [6.07, 6.45) is 0.0286. The average molecular weight is 555 g/mol. The van der Waals surface area contributed by atoms with Gasteiger partial charge in [0.2, 0.25) is 0 Å². The first-order chi connectivity index (χ1) is 13.0. The maximum atomic E-state index is 5.92. The molecular formula is C19H28ClIN4OS2. The van der Waals surface area contributed by atoms with Gasteiger partial charge in [-0.15, -0.1) is 47.1 Å². The minimum Gasteiger partial charge on any atom is -0.375 e. The van der Waals surface area contributed by atoms with E-state index in [4.69, 9.17) is 21.3 Å². The minimum atomic E-state index is 0. The number of nitrogens with one attached hydrogen (secondary N) is 1. The molecule has 1 unspecified atom stereocenters. The normalized spacial score (nSPS) is 12.4. The van der Waals surface area contributed by atoms with Crippen LogP contribution in [-0.2, 0) is 11.3 Å². The third kappa shape index (κ3) is 8.44. The van der Waals surface area contributed by atoms with Crippen molar-refractivity contribution in [3.63, 3.8) is 0 Å². The van der Waals surface area contributed by atoms with Gasteiger partial charge >= 0.3 is 0 Å². The average Bonchev–Trinajstić information content (AvgIpc) is 3.13. The molecule has 0 spiro atoms. The summed E-state index contributed by atoms with van der Waals surface area (Å²) >= 11 is 9.33. The Morgan fingerprint density at radius 3 is 2.75 bits per heavy atom. The largest absolute Gasteiger partial charge is 0.375 e. The van der Waals surface area contributed by atoms with E-state index in [0.717, 1.165) is 40.5 Å². The number of aromatic nitrogens is 1. The molecule has 0 aliphatic rings. The van der Waals surface area contributed by atoms with Gasteiger partial charge in [0, 0.05) is 41.8 Å². The van der Waals surface area contributed by atoms with Crippen LogP contribution in [0, 0.1) is 0 Å². The number of ether oxygens (including phenoxy) is 1. The highest BCUT2D eigenvalue weighted by Gasteiger charge is 2.12. The number of thioether (sulfide) groups is 1. The second-order valence-electron chi connectivity index (χ2n) is 5.95. The number of thiazole rings is 1. The Morgan fingerprint density at radius 2 is 2.11 bits per heavy atom. The van der Waals surface area contributed by atoms with Crippen LogP contribution in [0.2, 0.25) is 5.02 Å². The van der Waals surface area contributed by atoms with Gasteiger partial charge in [0.15, 0.2) is 5.96 Å². The number of aliphatic imine (C=N–C) groups is 1. The van der Waals surface area contributed by atoms with E-state index in [1.807, 2.05) is 38.2 Å². The van der Waals surface area contributed by atoms with Gasteiger partial charge in [-0.3, -0.25) is 4.99 Å². The van der Waals surface area contributed by atoms with E-state index in [0.29, 0.717) is 6.54 Å². The number of halogens is 2. The Kier molecular flexibility index (Phi) is 12.4. The molecule has 1 N–H and O–H groups in total. The summed E-state index contributed by atoms with van der Waals surface area (Å²) in [5.74, 6) is 1.81. The number of rotatable bonds is 9. The second kappa shape index (κ2) is 13.6. The molecule has 2 rings (SSSR count). The molecule has 1 heterocycles. The van der Waals surface area contributed by atoms with E-state index in [9.17, 15) is 0 Å². The zero-order valence-electron chi connectivity index (χ0n) is 16.6. The van der Waals surface area contributed by atoms with Crippen LogP contribution in [0.5, 0.6) is 0 Å². The van der Waals surface area contributed by atoms with Crippen molar-refractivity contribution in [1.82, 2.24) is 15.2 Å². The summed E-state index contributed by atoms with van der Waals surface area (Å²) in [6, 6.07) is 7.90. The highest BCUT2D eigenvalue weighted by molar-refractivity contribution is 14.0. The monoisotopic (exact) mass is 554 g/mol. The topological polar surface area (TPSA) is 49.8 Å². The predicted octanol–water partition coefficient (Wildman–Crippen LogP) is 5.31. The van der Waals surface area contributed by atoms with Gasteiger partial charge in [0.1, 0.15) is 11.1 Å². The fraction of sp³-hybridized carbons (Fsp3) is 0.474. The number of benzene rings is 1. The molecule has 9 heteroatoms. The van der Waals surface area contributed by atoms with Crippen molar-refractivity contribution >= 4 is 64.6 Å². The lowest BCUT2D eigenvalue weighted by atomic mass is 10.4. The molecule has 1 atom stereocenters. The van der Waals surface area contributed by atoms with Gasteiger partial charge in [-0.2, -0.15) is 0 Å².